The van der Waals surface area contributed by atoms with Crippen LogP contribution in [-0.4, -0.2) is 22.9 Å². The summed E-state index contributed by atoms with van der Waals surface area (Å²) in [4.78, 5) is 0. The fraction of sp³-hybridized carbons (Fsp3) is 1.00. The molecule has 0 heterocycles. The lowest BCUT2D eigenvalue weighted by Crippen LogP contribution is -2.00. The second-order valence-electron chi connectivity index (χ2n) is 1.36. The second kappa shape index (κ2) is 6.21. The minimum Gasteiger partial charge on any atom is -0.396 e. The van der Waals surface area contributed by atoms with E-state index in [9.17, 15) is 0 Å². The Morgan fingerprint density at radius 1 is 1.57 bits per heavy atom. The summed E-state index contributed by atoms with van der Waals surface area (Å²) in [6.45, 7) is 1.73. The van der Waals surface area contributed by atoms with E-state index in [-0.39, 0.29) is 25.1 Å². The average molecular weight is 127 g/mol. The van der Waals surface area contributed by atoms with Crippen LogP contribution >= 0.6 is 12.4 Å². The van der Waals surface area contributed by atoms with Crippen molar-refractivity contribution < 1.29 is 10.2 Å². The Morgan fingerprint density at radius 3 is 2.00 bits per heavy atom. The third kappa shape index (κ3) is 10.7. The minimum atomic E-state index is -0.352. The van der Waals surface area contributed by atoms with Gasteiger partial charge in [0.05, 0.1) is 6.10 Å². The number of hydrogen-bond donors (Lipinski definition) is 2. The summed E-state index contributed by atoms with van der Waals surface area (Å²) in [5, 5.41) is 16.5. The molecule has 0 amide bonds. The van der Waals surface area contributed by atoms with Gasteiger partial charge in [0.25, 0.3) is 0 Å². The first-order valence-corrected chi connectivity index (χ1v) is 2.06. The van der Waals surface area contributed by atoms with Gasteiger partial charge in [-0.1, -0.05) is 0 Å². The van der Waals surface area contributed by atoms with Gasteiger partial charge in [-0.3, -0.25) is 0 Å². The molecule has 0 fully saturated rings. The first-order chi connectivity index (χ1) is 2.77. The summed E-state index contributed by atoms with van der Waals surface area (Å²) < 4.78 is 0. The zero-order chi connectivity index (χ0) is 4.99. The molecule has 1 unspecified atom stereocenters. The highest BCUT2D eigenvalue weighted by Gasteiger charge is 1.88. The van der Waals surface area contributed by atoms with Gasteiger partial charge in [-0.25, -0.2) is 0 Å². The molecular formula is C4H11ClO2. The maximum Gasteiger partial charge on any atom is 0.0533 e. The Morgan fingerprint density at radius 2 is 2.00 bits per heavy atom. The Kier molecular flexibility index (Phi) is 9.09. The monoisotopic (exact) mass is 126 g/mol. The van der Waals surface area contributed by atoms with Crippen LogP contribution in [0.5, 0.6) is 0 Å². The number of hydrogen-bond acceptors (Lipinski definition) is 2. The first-order valence-electron chi connectivity index (χ1n) is 2.06. The molecule has 0 aliphatic rings. The molecular weight excluding hydrogens is 115 g/mol. The van der Waals surface area contributed by atoms with Crippen molar-refractivity contribution in [3.8, 4) is 0 Å². The van der Waals surface area contributed by atoms with Crippen molar-refractivity contribution in [2.24, 2.45) is 0 Å². The summed E-state index contributed by atoms with van der Waals surface area (Å²) in [5.74, 6) is 0. The van der Waals surface area contributed by atoms with E-state index in [1.54, 1.807) is 6.92 Å². The largest absolute Gasteiger partial charge is 0.396 e. The molecule has 0 bridgehead atoms. The molecule has 3 heteroatoms. The molecule has 0 radical (unpaired) electrons. The van der Waals surface area contributed by atoms with E-state index in [0.29, 0.717) is 6.42 Å². The molecule has 0 aliphatic carbocycles. The van der Waals surface area contributed by atoms with Crippen molar-refractivity contribution in [1.29, 1.82) is 0 Å². The van der Waals surface area contributed by atoms with Gasteiger partial charge in [-0.15, -0.1) is 12.4 Å². The van der Waals surface area contributed by atoms with E-state index in [1.807, 2.05) is 0 Å². The molecule has 0 aromatic heterocycles. The molecule has 2 N–H and O–H groups in total. The van der Waals surface area contributed by atoms with Crippen LogP contribution in [0.25, 0.3) is 0 Å². The van der Waals surface area contributed by atoms with Crippen LogP contribution in [0.3, 0.4) is 0 Å². The van der Waals surface area contributed by atoms with E-state index in [4.69, 9.17) is 10.2 Å². The van der Waals surface area contributed by atoms with Gasteiger partial charge in [-0.2, -0.15) is 0 Å². The van der Waals surface area contributed by atoms with Crippen LogP contribution in [0.1, 0.15) is 13.3 Å². The van der Waals surface area contributed by atoms with Crippen molar-refractivity contribution in [1.82, 2.24) is 0 Å². The van der Waals surface area contributed by atoms with Gasteiger partial charge < -0.3 is 10.2 Å². The van der Waals surface area contributed by atoms with Gasteiger partial charge in [0.1, 0.15) is 0 Å². The van der Waals surface area contributed by atoms with Crippen molar-refractivity contribution in [3.05, 3.63) is 0 Å². The van der Waals surface area contributed by atoms with Crippen LogP contribution in [-0.2, 0) is 0 Å². The summed E-state index contributed by atoms with van der Waals surface area (Å²) in [6.07, 6.45) is 0.134. The van der Waals surface area contributed by atoms with Crippen molar-refractivity contribution in [2.45, 2.75) is 19.4 Å². The van der Waals surface area contributed by atoms with E-state index in [2.05, 4.69) is 0 Å². The average Bonchev–Trinajstić information content (AvgIpc) is 1.35. The summed E-state index contributed by atoms with van der Waals surface area (Å²) in [7, 11) is 0. The van der Waals surface area contributed by atoms with Gasteiger partial charge in [0.2, 0.25) is 0 Å². The highest BCUT2D eigenvalue weighted by Crippen LogP contribution is 1.83. The third-order valence-electron chi connectivity index (χ3n) is 0.547. The molecule has 0 aliphatic heterocycles. The predicted molar refractivity (Wildman–Crippen MR) is 30.6 cm³/mol. The van der Waals surface area contributed by atoms with Crippen LogP contribution in [0.4, 0.5) is 0 Å². The predicted octanol–water partition coefficient (Wildman–Crippen LogP) is 0.171. The second-order valence-corrected chi connectivity index (χ2v) is 1.36. The quantitative estimate of drug-likeness (QED) is 0.554. The highest BCUT2D eigenvalue weighted by atomic mass is 35.5. The third-order valence-corrected chi connectivity index (χ3v) is 0.547. The summed E-state index contributed by atoms with van der Waals surface area (Å²) in [6, 6.07) is 0. The molecule has 0 spiro atoms. The van der Waals surface area contributed by atoms with Crippen LogP contribution in [0.2, 0.25) is 0 Å². The van der Waals surface area contributed by atoms with E-state index in [0.717, 1.165) is 0 Å². The van der Waals surface area contributed by atoms with Crippen molar-refractivity contribution in [2.75, 3.05) is 6.61 Å². The van der Waals surface area contributed by atoms with Gasteiger partial charge in [0.15, 0.2) is 0 Å². The topological polar surface area (TPSA) is 40.5 Å². The maximum atomic E-state index is 8.39. The van der Waals surface area contributed by atoms with Crippen molar-refractivity contribution in [3.63, 3.8) is 0 Å². The summed E-state index contributed by atoms with van der Waals surface area (Å²) >= 11 is 0. The summed E-state index contributed by atoms with van der Waals surface area (Å²) in [5.41, 5.74) is 0. The zero-order valence-electron chi connectivity index (χ0n) is 4.29. The van der Waals surface area contributed by atoms with E-state index >= 15 is 0 Å². The molecule has 0 aromatic rings. The normalized spacial score (nSPS) is 12.4. The molecule has 2 nitrogen and oxygen atoms in total. The number of halogens is 1. The van der Waals surface area contributed by atoms with Gasteiger partial charge in [0, 0.05) is 6.61 Å². The molecule has 7 heavy (non-hydrogen) atoms. The van der Waals surface area contributed by atoms with E-state index in [1.165, 1.54) is 0 Å². The number of rotatable bonds is 2. The lowest BCUT2D eigenvalue weighted by atomic mass is 10.3. The standard InChI is InChI=1S/C4H10O2.ClH/c1-4(6)2-3-5;/h4-6H,2-3H2,1H3;1H. The highest BCUT2D eigenvalue weighted by molar-refractivity contribution is 5.85. The maximum absolute atomic E-state index is 8.39. The molecule has 1 atom stereocenters. The van der Waals surface area contributed by atoms with Crippen LogP contribution in [0.15, 0.2) is 0 Å². The molecule has 0 aromatic carbocycles. The smallest absolute Gasteiger partial charge is 0.0533 e. The Hall–Kier alpha value is 0.210. The fourth-order valence-electron chi connectivity index (χ4n) is 0.187. The molecule has 0 saturated heterocycles. The first kappa shape index (κ1) is 10.2. The molecule has 0 saturated carbocycles. The van der Waals surface area contributed by atoms with Crippen LogP contribution < -0.4 is 0 Å². The fourth-order valence-corrected chi connectivity index (χ4v) is 0.187. The zero-order valence-corrected chi connectivity index (χ0v) is 5.11. The lowest BCUT2D eigenvalue weighted by Gasteiger charge is -1.95. The van der Waals surface area contributed by atoms with Gasteiger partial charge in [-0.05, 0) is 13.3 Å². The Bertz CT molecular complexity index is 30.9. The Balaban J connectivity index is 0. The Labute approximate surface area is 49.6 Å². The van der Waals surface area contributed by atoms with Crippen LogP contribution in [0, 0.1) is 0 Å². The van der Waals surface area contributed by atoms with Crippen molar-refractivity contribution >= 4 is 12.4 Å². The SMILES string of the molecule is CC(O)CCO.Cl. The minimum absolute atomic E-state index is 0. The number of aliphatic hydroxyl groups excluding tert-OH is 2. The lowest BCUT2D eigenvalue weighted by molar-refractivity contribution is 0.148. The van der Waals surface area contributed by atoms with Gasteiger partial charge >= 0.3 is 0 Å². The molecule has 0 rings (SSSR count). The van der Waals surface area contributed by atoms with E-state index < -0.39 is 0 Å². The number of aliphatic hydroxyl groups is 2. The molecule has 46 valence electrons.